The Bertz CT molecular complexity index is 679. The first-order chi connectivity index (χ1) is 11.1. The van der Waals surface area contributed by atoms with Crippen LogP contribution in [0.3, 0.4) is 0 Å². The first kappa shape index (κ1) is 17.1. The van der Waals surface area contributed by atoms with Crippen molar-refractivity contribution in [2.45, 2.75) is 0 Å². The lowest BCUT2D eigenvalue weighted by molar-refractivity contribution is 0.102. The second-order valence-electron chi connectivity index (χ2n) is 4.65. The SMILES string of the molecule is COCCNc1cc(C(=O)Nc2cc(Cl)ccc2OC)ccn1. The molecule has 2 aromatic rings. The Morgan fingerprint density at radius 2 is 2.09 bits per heavy atom. The molecule has 0 aliphatic rings. The predicted octanol–water partition coefficient (Wildman–Crippen LogP) is 3.05. The van der Waals surface area contributed by atoms with Gasteiger partial charge in [-0.05, 0) is 30.3 Å². The number of nitrogens with one attached hydrogen (secondary N) is 2. The molecule has 6 nitrogen and oxygen atoms in total. The van der Waals surface area contributed by atoms with Gasteiger partial charge in [0.2, 0.25) is 0 Å². The number of carbonyl (C=O) groups is 1. The number of methoxy groups -OCH3 is 2. The predicted molar refractivity (Wildman–Crippen MR) is 90.6 cm³/mol. The van der Waals surface area contributed by atoms with Crippen LogP contribution in [-0.4, -0.2) is 38.3 Å². The van der Waals surface area contributed by atoms with Crippen molar-refractivity contribution in [3.63, 3.8) is 0 Å². The van der Waals surface area contributed by atoms with Crippen molar-refractivity contribution in [1.82, 2.24) is 4.98 Å². The van der Waals surface area contributed by atoms with E-state index in [1.54, 1.807) is 43.6 Å². The molecule has 23 heavy (non-hydrogen) atoms. The van der Waals surface area contributed by atoms with Gasteiger partial charge in [-0.15, -0.1) is 0 Å². The van der Waals surface area contributed by atoms with Crippen molar-refractivity contribution >= 4 is 29.0 Å². The van der Waals surface area contributed by atoms with Gasteiger partial charge in [0.1, 0.15) is 11.6 Å². The second-order valence-corrected chi connectivity index (χ2v) is 5.08. The van der Waals surface area contributed by atoms with E-state index in [0.717, 1.165) is 0 Å². The maximum absolute atomic E-state index is 12.4. The minimum absolute atomic E-state index is 0.275. The monoisotopic (exact) mass is 335 g/mol. The van der Waals surface area contributed by atoms with Crippen molar-refractivity contribution in [2.75, 3.05) is 38.0 Å². The van der Waals surface area contributed by atoms with Gasteiger partial charge in [0.05, 0.1) is 19.4 Å². The zero-order chi connectivity index (χ0) is 16.7. The Hall–Kier alpha value is -2.31. The molecule has 122 valence electrons. The smallest absolute Gasteiger partial charge is 0.255 e. The van der Waals surface area contributed by atoms with Crippen LogP contribution in [-0.2, 0) is 4.74 Å². The molecule has 1 aromatic heterocycles. The minimum Gasteiger partial charge on any atom is -0.495 e. The fourth-order valence-corrected chi connectivity index (χ4v) is 2.09. The number of nitrogens with zero attached hydrogens (tertiary/aromatic N) is 1. The van der Waals surface area contributed by atoms with Crippen LogP contribution < -0.4 is 15.4 Å². The third kappa shape index (κ3) is 4.84. The molecule has 2 N–H and O–H groups in total. The third-order valence-electron chi connectivity index (χ3n) is 3.04. The summed E-state index contributed by atoms with van der Waals surface area (Å²) in [6.07, 6.45) is 1.57. The summed E-state index contributed by atoms with van der Waals surface area (Å²) < 4.78 is 10.2. The first-order valence-electron chi connectivity index (χ1n) is 6.98. The van der Waals surface area contributed by atoms with E-state index in [4.69, 9.17) is 21.1 Å². The van der Waals surface area contributed by atoms with Gasteiger partial charge in [-0.2, -0.15) is 0 Å². The number of rotatable bonds is 7. The molecule has 0 saturated carbocycles. The maximum Gasteiger partial charge on any atom is 0.255 e. The largest absolute Gasteiger partial charge is 0.495 e. The number of halogens is 1. The van der Waals surface area contributed by atoms with Gasteiger partial charge in [-0.1, -0.05) is 11.6 Å². The van der Waals surface area contributed by atoms with Gasteiger partial charge in [-0.3, -0.25) is 4.79 Å². The summed E-state index contributed by atoms with van der Waals surface area (Å²) in [7, 11) is 3.15. The highest BCUT2D eigenvalue weighted by atomic mass is 35.5. The number of hydrogen-bond acceptors (Lipinski definition) is 5. The van der Waals surface area contributed by atoms with Crippen molar-refractivity contribution < 1.29 is 14.3 Å². The highest BCUT2D eigenvalue weighted by Gasteiger charge is 2.11. The van der Waals surface area contributed by atoms with Crippen LogP contribution in [0.25, 0.3) is 0 Å². The fraction of sp³-hybridized carbons (Fsp3) is 0.250. The molecule has 0 atom stereocenters. The number of amides is 1. The minimum atomic E-state index is -0.275. The van der Waals surface area contributed by atoms with Crippen LogP contribution in [0.5, 0.6) is 5.75 Å². The van der Waals surface area contributed by atoms with Gasteiger partial charge in [0, 0.05) is 30.4 Å². The molecule has 0 spiro atoms. The number of carbonyl (C=O) groups excluding carboxylic acids is 1. The topological polar surface area (TPSA) is 72.5 Å². The lowest BCUT2D eigenvalue weighted by Crippen LogP contribution is -2.14. The van der Waals surface area contributed by atoms with Crippen LogP contribution in [0, 0.1) is 0 Å². The molecule has 0 aliphatic heterocycles. The van der Waals surface area contributed by atoms with Crippen LogP contribution in [0.4, 0.5) is 11.5 Å². The van der Waals surface area contributed by atoms with Crippen molar-refractivity contribution in [2.24, 2.45) is 0 Å². The van der Waals surface area contributed by atoms with E-state index in [0.29, 0.717) is 41.0 Å². The Balaban J connectivity index is 2.11. The summed E-state index contributed by atoms with van der Waals surface area (Å²) in [5.74, 6) is 0.866. The summed E-state index contributed by atoms with van der Waals surface area (Å²) in [6.45, 7) is 1.16. The van der Waals surface area contributed by atoms with Gasteiger partial charge >= 0.3 is 0 Å². The Morgan fingerprint density at radius 3 is 2.83 bits per heavy atom. The van der Waals surface area contributed by atoms with E-state index < -0.39 is 0 Å². The maximum atomic E-state index is 12.4. The zero-order valence-electron chi connectivity index (χ0n) is 12.9. The molecule has 0 aliphatic carbocycles. The molecule has 1 aromatic carbocycles. The van der Waals surface area contributed by atoms with Crippen molar-refractivity contribution in [3.8, 4) is 5.75 Å². The zero-order valence-corrected chi connectivity index (χ0v) is 13.7. The van der Waals surface area contributed by atoms with Crippen LogP contribution >= 0.6 is 11.6 Å². The Kier molecular flexibility index (Phi) is 6.19. The second kappa shape index (κ2) is 8.36. The quantitative estimate of drug-likeness (QED) is 0.761. The lowest BCUT2D eigenvalue weighted by Gasteiger charge is -2.11. The Labute approximate surface area is 139 Å². The van der Waals surface area contributed by atoms with Crippen molar-refractivity contribution in [1.29, 1.82) is 0 Å². The summed E-state index contributed by atoms with van der Waals surface area (Å²) >= 11 is 5.96. The highest BCUT2D eigenvalue weighted by Crippen LogP contribution is 2.28. The number of benzene rings is 1. The fourth-order valence-electron chi connectivity index (χ4n) is 1.92. The molecule has 1 heterocycles. The summed E-state index contributed by atoms with van der Waals surface area (Å²) in [5.41, 5.74) is 0.984. The summed E-state index contributed by atoms with van der Waals surface area (Å²) in [4.78, 5) is 16.5. The molecular formula is C16H18ClN3O3. The number of pyridine rings is 1. The van der Waals surface area contributed by atoms with Gasteiger partial charge < -0.3 is 20.1 Å². The van der Waals surface area contributed by atoms with E-state index in [1.165, 1.54) is 7.11 Å². The standard InChI is InChI=1S/C16H18ClN3O3/c1-22-8-7-19-15-9-11(5-6-18-15)16(21)20-13-10-12(17)3-4-14(13)23-2/h3-6,9-10H,7-8H2,1-2H3,(H,18,19)(H,20,21). The number of anilines is 2. The normalized spacial score (nSPS) is 10.2. The first-order valence-corrected chi connectivity index (χ1v) is 7.35. The number of ether oxygens (including phenoxy) is 2. The molecule has 0 fully saturated rings. The molecule has 0 saturated heterocycles. The van der Waals surface area contributed by atoms with Gasteiger partial charge in [-0.25, -0.2) is 4.98 Å². The van der Waals surface area contributed by atoms with Crippen LogP contribution in [0.2, 0.25) is 5.02 Å². The summed E-state index contributed by atoms with van der Waals surface area (Å²) in [6, 6.07) is 8.33. The molecule has 2 rings (SSSR count). The number of aromatic nitrogens is 1. The Morgan fingerprint density at radius 1 is 1.26 bits per heavy atom. The molecule has 7 heteroatoms. The number of hydrogen-bond donors (Lipinski definition) is 2. The van der Waals surface area contributed by atoms with Crippen LogP contribution in [0.1, 0.15) is 10.4 Å². The molecule has 0 unspecified atom stereocenters. The van der Waals surface area contributed by atoms with E-state index in [-0.39, 0.29) is 5.91 Å². The molecular weight excluding hydrogens is 318 g/mol. The lowest BCUT2D eigenvalue weighted by atomic mass is 10.2. The third-order valence-corrected chi connectivity index (χ3v) is 3.28. The highest BCUT2D eigenvalue weighted by molar-refractivity contribution is 6.31. The molecule has 0 bridgehead atoms. The van der Waals surface area contributed by atoms with E-state index in [2.05, 4.69) is 15.6 Å². The summed E-state index contributed by atoms with van der Waals surface area (Å²) in [5, 5.41) is 6.37. The van der Waals surface area contributed by atoms with Gasteiger partial charge in [0.15, 0.2) is 0 Å². The van der Waals surface area contributed by atoms with E-state index in [1.807, 2.05) is 0 Å². The van der Waals surface area contributed by atoms with E-state index >= 15 is 0 Å². The molecule has 1 amide bonds. The average Bonchev–Trinajstić information content (AvgIpc) is 2.55. The van der Waals surface area contributed by atoms with Crippen molar-refractivity contribution in [3.05, 3.63) is 47.1 Å². The molecule has 0 radical (unpaired) electrons. The average molecular weight is 336 g/mol. The van der Waals surface area contributed by atoms with Gasteiger partial charge in [0.25, 0.3) is 5.91 Å². The van der Waals surface area contributed by atoms with E-state index in [9.17, 15) is 4.79 Å². The van der Waals surface area contributed by atoms with Crippen LogP contribution in [0.15, 0.2) is 36.5 Å².